The van der Waals surface area contributed by atoms with Crippen molar-refractivity contribution < 1.29 is 9.53 Å². The van der Waals surface area contributed by atoms with E-state index in [0.717, 1.165) is 18.6 Å². The minimum absolute atomic E-state index is 0.329. The highest BCUT2D eigenvalue weighted by Crippen LogP contribution is 2.28. The van der Waals surface area contributed by atoms with Crippen molar-refractivity contribution in [3.8, 4) is 5.75 Å². The van der Waals surface area contributed by atoms with Gasteiger partial charge in [0.05, 0.1) is 12.1 Å². The smallest absolute Gasteiger partial charge is 0.237 e. The molecular formula is C17H28N2O2. The number of benzene rings is 1. The first-order valence-electron chi connectivity index (χ1n) is 7.65. The minimum Gasteiger partial charge on any atom is -0.493 e. The number of para-hydroxylation sites is 1. The Morgan fingerprint density at radius 2 is 2.10 bits per heavy atom. The topological polar surface area (TPSA) is 64.3 Å². The van der Waals surface area contributed by atoms with E-state index in [1.165, 1.54) is 5.56 Å². The first-order chi connectivity index (χ1) is 9.94. The SMILES string of the molecule is CCC(C)c1ccccc1OCCCC(C)(NC)C(N)=O. The molecule has 4 nitrogen and oxygen atoms in total. The number of ether oxygens (including phenoxy) is 1. The van der Waals surface area contributed by atoms with Gasteiger partial charge in [-0.05, 0) is 50.8 Å². The van der Waals surface area contributed by atoms with Crippen molar-refractivity contribution in [1.29, 1.82) is 0 Å². The van der Waals surface area contributed by atoms with E-state index in [2.05, 4.69) is 25.2 Å². The van der Waals surface area contributed by atoms with Crippen molar-refractivity contribution in [3.63, 3.8) is 0 Å². The van der Waals surface area contributed by atoms with Gasteiger partial charge < -0.3 is 15.8 Å². The number of amides is 1. The summed E-state index contributed by atoms with van der Waals surface area (Å²) in [5.74, 6) is 1.09. The number of hydrogen-bond donors (Lipinski definition) is 2. The van der Waals surface area contributed by atoms with Crippen LogP contribution in [0.4, 0.5) is 0 Å². The lowest BCUT2D eigenvalue weighted by Crippen LogP contribution is -2.51. The zero-order valence-electron chi connectivity index (χ0n) is 13.6. The molecule has 0 heterocycles. The molecule has 1 amide bonds. The van der Waals surface area contributed by atoms with Gasteiger partial charge in [-0.3, -0.25) is 4.79 Å². The van der Waals surface area contributed by atoms with Crippen LogP contribution in [0.1, 0.15) is 51.5 Å². The van der Waals surface area contributed by atoms with E-state index >= 15 is 0 Å². The van der Waals surface area contributed by atoms with Crippen LogP contribution >= 0.6 is 0 Å². The highest BCUT2D eigenvalue weighted by molar-refractivity contribution is 5.84. The van der Waals surface area contributed by atoms with E-state index in [1.54, 1.807) is 7.05 Å². The van der Waals surface area contributed by atoms with Crippen LogP contribution in [-0.2, 0) is 4.79 Å². The lowest BCUT2D eigenvalue weighted by atomic mass is 9.95. The largest absolute Gasteiger partial charge is 0.493 e. The molecule has 0 aliphatic carbocycles. The average Bonchev–Trinajstić information content (AvgIpc) is 2.50. The lowest BCUT2D eigenvalue weighted by molar-refractivity contribution is -0.123. The van der Waals surface area contributed by atoms with E-state index in [0.29, 0.717) is 18.9 Å². The van der Waals surface area contributed by atoms with Crippen molar-refractivity contribution in [3.05, 3.63) is 29.8 Å². The van der Waals surface area contributed by atoms with Gasteiger partial charge in [0.1, 0.15) is 5.75 Å². The molecule has 0 saturated carbocycles. The third-order valence-corrected chi connectivity index (χ3v) is 4.24. The summed E-state index contributed by atoms with van der Waals surface area (Å²) >= 11 is 0. The molecular weight excluding hydrogens is 264 g/mol. The minimum atomic E-state index is -0.667. The predicted molar refractivity (Wildman–Crippen MR) is 86.5 cm³/mol. The van der Waals surface area contributed by atoms with Crippen LogP contribution in [0.25, 0.3) is 0 Å². The zero-order valence-corrected chi connectivity index (χ0v) is 13.6. The number of hydrogen-bond acceptors (Lipinski definition) is 3. The Morgan fingerprint density at radius 1 is 1.43 bits per heavy atom. The van der Waals surface area contributed by atoms with Crippen molar-refractivity contribution in [2.45, 2.75) is 51.5 Å². The number of rotatable bonds is 9. The fourth-order valence-electron chi connectivity index (χ4n) is 2.22. The summed E-state index contributed by atoms with van der Waals surface area (Å²) in [5.41, 5.74) is 5.99. The summed E-state index contributed by atoms with van der Waals surface area (Å²) in [6.07, 6.45) is 2.51. The highest BCUT2D eigenvalue weighted by atomic mass is 16.5. The maximum absolute atomic E-state index is 11.4. The number of nitrogens with two attached hydrogens (primary N) is 1. The summed E-state index contributed by atoms with van der Waals surface area (Å²) < 4.78 is 5.90. The molecule has 0 radical (unpaired) electrons. The van der Waals surface area contributed by atoms with Crippen LogP contribution in [-0.4, -0.2) is 25.1 Å². The van der Waals surface area contributed by atoms with Gasteiger partial charge in [0.25, 0.3) is 0 Å². The molecule has 0 spiro atoms. The van der Waals surface area contributed by atoms with E-state index in [1.807, 2.05) is 25.1 Å². The van der Waals surface area contributed by atoms with Gasteiger partial charge in [-0.1, -0.05) is 32.0 Å². The van der Waals surface area contributed by atoms with E-state index in [4.69, 9.17) is 10.5 Å². The molecule has 1 rings (SSSR count). The molecule has 0 saturated heterocycles. The number of nitrogens with one attached hydrogen (secondary N) is 1. The zero-order chi connectivity index (χ0) is 15.9. The van der Waals surface area contributed by atoms with Gasteiger partial charge in [0.15, 0.2) is 0 Å². The monoisotopic (exact) mass is 292 g/mol. The summed E-state index contributed by atoms with van der Waals surface area (Å²) in [4.78, 5) is 11.4. The molecule has 0 aromatic heterocycles. The second-order valence-corrected chi connectivity index (χ2v) is 5.75. The molecule has 21 heavy (non-hydrogen) atoms. The van der Waals surface area contributed by atoms with Crippen LogP contribution in [0.5, 0.6) is 5.75 Å². The maximum atomic E-state index is 11.4. The second-order valence-electron chi connectivity index (χ2n) is 5.75. The van der Waals surface area contributed by atoms with Crippen molar-refractivity contribution in [2.24, 2.45) is 5.73 Å². The van der Waals surface area contributed by atoms with Crippen LogP contribution < -0.4 is 15.8 Å². The maximum Gasteiger partial charge on any atom is 0.237 e. The van der Waals surface area contributed by atoms with Crippen molar-refractivity contribution in [2.75, 3.05) is 13.7 Å². The van der Waals surface area contributed by atoms with Gasteiger partial charge in [-0.15, -0.1) is 0 Å². The fourth-order valence-corrected chi connectivity index (χ4v) is 2.22. The third-order valence-electron chi connectivity index (χ3n) is 4.24. The standard InChI is InChI=1S/C17H28N2O2/c1-5-13(2)14-9-6-7-10-15(14)21-12-8-11-17(3,19-4)16(18)20/h6-7,9-10,13,19H,5,8,11-12H2,1-4H3,(H2,18,20). The Labute approximate surface area is 128 Å². The van der Waals surface area contributed by atoms with Crippen molar-refractivity contribution >= 4 is 5.91 Å². The Kier molecular flexibility index (Phi) is 6.69. The van der Waals surface area contributed by atoms with Gasteiger partial charge in [0, 0.05) is 0 Å². The summed E-state index contributed by atoms with van der Waals surface area (Å²) in [5, 5.41) is 2.99. The fraction of sp³-hybridized carbons (Fsp3) is 0.588. The van der Waals surface area contributed by atoms with Crippen LogP contribution in [0.3, 0.4) is 0 Å². The third kappa shape index (κ3) is 4.74. The van der Waals surface area contributed by atoms with Crippen molar-refractivity contribution in [1.82, 2.24) is 5.32 Å². The van der Waals surface area contributed by atoms with Gasteiger partial charge in [0.2, 0.25) is 5.91 Å². The molecule has 1 aromatic rings. The number of likely N-dealkylation sites (N-methyl/N-ethyl adjacent to an activating group) is 1. The number of carbonyl (C=O) groups excluding carboxylic acids is 1. The molecule has 118 valence electrons. The lowest BCUT2D eigenvalue weighted by Gasteiger charge is -2.25. The summed E-state index contributed by atoms with van der Waals surface area (Å²) in [6, 6.07) is 8.15. The first kappa shape index (κ1) is 17.5. The van der Waals surface area contributed by atoms with Crippen LogP contribution in [0, 0.1) is 0 Å². The summed E-state index contributed by atoms with van der Waals surface area (Å²) in [6.45, 7) is 6.78. The Balaban J connectivity index is 2.55. The summed E-state index contributed by atoms with van der Waals surface area (Å²) in [7, 11) is 1.75. The van der Waals surface area contributed by atoms with E-state index in [9.17, 15) is 4.79 Å². The van der Waals surface area contributed by atoms with Crippen LogP contribution in [0.15, 0.2) is 24.3 Å². The average molecular weight is 292 g/mol. The van der Waals surface area contributed by atoms with E-state index < -0.39 is 5.54 Å². The Bertz CT molecular complexity index is 462. The molecule has 0 aliphatic heterocycles. The molecule has 0 fully saturated rings. The normalized spacial score (nSPS) is 15.2. The quantitative estimate of drug-likeness (QED) is 0.688. The van der Waals surface area contributed by atoms with E-state index in [-0.39, 0.29) is 5.91 Å². The molecule has 0 bridgehead atoms. The Hall–Kier alpha value is -1.55. The number of carbonyl (C=O) groups is 1. The number of primary amides is 1. The molecule has 4 heteroatoms. The highest BCUT2D eigenvalue weighted by Gasteiger charge is 2.28. The predicted octanol–water partition coefficient (Wildman–Crippen LogP) is 2.82. The molecule has 3 N–H and O–H groups in total. The first-order valence-corrected chi connectivity index (χ1v) is 7.65. The van der Waals surface area contributed by atoms with Gasteiger partial charge >= 0.3 is 0 Å². The second kappa shape index (κ2) is 8.03. The molecule has 2 unspecified atom stereocenters. The molecule has 2 atom stereocenters. The molecule has 1 aromatic carbocycles. The van der Waals surface area contributed by atoms with Crippen LogP contribution in [0.2, 0.25) is 0 Å². The van der Waals surface area contributed by atoms with Gasteiger partial charge in [-0.25, -0.2) is 0 Å². The molecule has 0 aliphatic rings. The Morgan fingerprint density at radius 3 is 2.67 bits per heavy atom. The van der Waals surface area contributed by atoms with Gasteiger partial charge in [-0.2, -0.15) is 0 Å².